The van der Waals surface area contributed by atoms with E-state index < -0.39 is 0 Å². The number of unbranched alkanes of at least 4 members (excludes halogenated alkanes) is 3. The second-order valence-electron chi connectivity index (χ2n) is 5.86. The van der Waals surface area contributed by atoms with E-state index in [0.717, 1.165) is 26.7 Å². The molecule has 0 bridgehead atoms. The van der Waals surface area contributed by atoms with Crippen LogP contribution in [0.5, 0.6) is 11.5 Å². The molecular formula is C20H22Br2O3. The fraction of sp³-hybridized carbons (Fsp3) is 0.350. The fourth-order valence-electron chi connectivity index (χ4n) is 2.38. The number of halogens is 2. The summed E-state index contributed by atoms with van der Waals surface area (Å²) in [6.45, 7) is 4.79. The quantitative estimate of drug-likeness (QED) is 0.245. The third-order valence-electron chi connectivity index (χ3n) is 3.75. The molecule has 0 atom stereocenters. The van der Waals surface area contributed by atoms with Gasteiger partial charge >= 0.3 is 5.97 Å². The van der Waals surface area contributed by atoms with Gasteiger partial charge in [0.25, 0.3) is 0 Å². The summed E-state index contributed by atoms with van der Waals surface area (Å²) in [5, 5.41) is 0. The zero-order valence-corrected chi connectivity index (χ0v) is 17.7. The third-order valence-corrected chi connectivity index (χ3v) is 4.79. The maximum atomic E-state index is 12.4. The van der Waals surface area contributed by atoms with Gasteiger partial charge in [0.05, 0.1) is 16.6 Å². The van der Waals surface area contributed by atoms with E-state index in [1.54, 1.807) is 24.3 Å². The van der Waals surface area contributed by atoms with Gasteiger partial charge in [0.1, 0.15) is 11.5 Å². The van der Waals surface area contributed by atoms with Gasteiger partial charge in [-0.3, -0.25) is 0 Å². The molecule has 0 amide bonds. The van der Waals surface area contributed by atoms with Gasteiger partial charge in [-0.1, -0.05) is 42.1 Å². The lowest BCUT2D eigenvalue weighted by Crippen LogP contribution is -2.10. The van der Waals surface area contributed by atoms with Crippen molar-refractivity contribution in [3.8, 4) is 11.5 Å². The minimum absolute atomic E-state index is 0.388. The summed E-state index contributed by atoms with van der Waals surface area (Å²) in [5.41, 5.74) is 1.37. The summed E-state index contributed by atoms with van der Waals surface area (Å²) >= 11 is 6.85. The third kappa shape index (κ3) is 6.15. The molecule has 0 N–H and O–H groups in total. The molecule has 134 valence electrons. The van der Waals surface area contributed by atoms with Crippen LogP contribution in [0.3, 0.4) is 0 Å². The lowest BCUT2D eigenvalue weighted by Gasteiger charge is -2.11. The summed E-state index contributed by atoms with van der Waals surface area (Å²) < 4.78 is 12.9. The van der Waals surface area contributed by atoms with E-state index in [2.05, 4.69) is 38.8 Å². The number of ether oxygens (including phenoxy) is 2. The molecule has 2 rings (SSSR count). The normalized spacial score (nSPS) is 10.6. The molecule has 2 aromatic rings. The number of hydrogen-bond acceptors (Lipinski definition) is 3. The van der Waals surface area contributed by atoms with Crippen molar-refractivity contribution in [3.63, 3.8) is 0 Å². The van der Waals surface area contributed by atoms with Crippen LogP contribution in [0.15, 0.2) is 45.3 Å². The van der Waals surface area contributed by atoms with Crippen LogP contribution in [0.25, 0.3) is 0 Å². The number of esters is 1. The lowest BCUT2D eigenvalue weighted by molar-refractivity contribution is 0.0732. The van der Waals surface area contributed by atoms with Crippen LogP contribution >= 0.6 is 31.9 Å². The van der Waals surface area contributed by atoms with E-state index in [-0.39, 0.29) is 5.97 Å². The highest BCUT2D eigenvalue weighted by molar-refractivity contribution is 9.11. The molecule has 0 spiro atoms. The predicted octanol–water partition coefficient (Wildman–Crippen LogP) is 6.70. The van der Waals surface area contributed by atoms with E-state index in [1.165, 1.54) is 19.3 Å². The van der Waals surface area contributed by atoms with Crippen LogP contribution in [0.1, 0.15) is 48.5 Å². The monoisotopic (exact) mass is 468 g/mol. The number of hydrogen-bond donors (Lipinski definition) is 0. The van der Waals surface area contributed by atoms with Gasteiger partial charge in [-0.05, 0) is 71.2 Å². The van der Waals surface area contributed by atoms with Crippen molar-refractivity contribution >= 4 is 37.8 Å². The molecule has 0 unspecified atom stereocenters. The Morgan fingerprint density at radius 1 is 1.04 bits per heavy atom. The Morgan fingerprint density at radius 2 is 1.76 bits per heavy atom. The summed E-state index contributed by atoms with van der Waals surface area (Å²) in [5.74, 6) is 0.916. The van der Waals surface area contributed by atoms with Gasteiger partial charge < -0.3 is 9.47 Å². The van der Waals surface area contributed by atoms with Crippen molar-refractivity contribution in [1.29, 1.82) is 0 Å². The first-order chi connectivity index (χ1) is 12.0. The molecule has 0 radical (unpaired) electrons. The van der Waals surface area contributed by atoms with Crippen LogP contribution in [-0.2, 0) is 0 Å². The molecule has 0 aliphatic carbocycles. The van der Waals surface area contributed by atoms with E-state index in [9.17, 15) is 4.79 Å². The first kappa shape index (κ1) is 20.0. The van der Waals surface area contributed by atoms with Crippen LogP contribution in [0, 0.1) is 6.92 Å². The van der Waals surface area contributed by atoms with Gasteiger partial charge in [0.15, 0.2) is 0 Å². The van der Waals surface area contributed by atoms with Crippen molar-refractivity contribution in [2.45, 2.75) is 39.5 Å². The number of aryl methyl sites for hydroxylation is 1. The van der Waals surface area contributed by atoms with Crippen LogP contribution in [-0.4, -0.2) is 12.6 Å². The molecule has 0 heterocycles. The van der Waals surface area contributed by atoms with E-state index >= 15 is 0 Å². The zero-order valence-electron chi connectivity index (χ0n) is 14.5. The minimum atomic E-state index is -0.388. The second-order valence-corrected chi connectivity index (χ2v) is 7.63. The maximum Gasteiger partial charge on any atom is 0.343 e. The highest BCUT2D eigenvalue weighted by atomic mass is 79.9. The lowest BCUT2D eigenvalue weighted by atomic mass is 10.2. The minimum Gasteiger partial charge on any atom is -0.494 e. The van der Waals surface area contributed by atoms with Crippen molar-refractivity contribution in [1.82, 2.24) is 0 Å². The number of carbonyl (C=O) groups is 1. The fourth-order valence-corrected chi connectivity index (χ4v) is 3.90. The van der Waals surface area contributed by atoms with Crippen molar-refractivity contribution in [3.05, 3.63) is 56.5 Å². The molecule has 2 aromatic carbocycles. The highest BCUT2D eigenvalue weighted by Gasteiger charge is 2.14. The van der Waals surface area contributed by atoms with Gasteiger partial charge in [0.2, 0.25) is 0 Å². The summed E-state index contributed by atoms with van der Waals surface area (Å²) in [6.07, 6.45) is 4.68. The Balaban J connectivity index is 1.94. The van der Waals surface area contributed by atoms with E-state index in [4.69, 9.17) is 9.47 Å². The van der Waals surface area contributed by atoms with Crippen molar-refractivity contribution < 1.29 is 14.3 Å². The average molecular weight is 470 g/mol. The molecule has 0 aliphatic rings. The van der Waals surface area contributed by atoms with Crippen LogP contribution in [0.4, 0.5) is 0 Å². The zero-order chi connectivity index (χ0) is 18.2. The standard InChI is InChI=1S/C20H22Br2O3/c1-3-4-5-6-11-24-17-9-7-15(8-10-17)20(23)25-19-14(2)12-16(21)13-18(19)22/h7-10,12-13H,3-6,11H2,1-2H3. The molecule has 0 fully saturated rings. The summed E-state index contributed by atoms with van der Waals surface area (Å²) in [6, 6.07) is 10.8. The second kappa shape index (κ2) is 9.97. The predicted molar refractivity (Wildman–Crippen MR) is 108 cm³/mol. The Kier molecular flexibility index (Phi) is 7.97. The van der Waals surface area contributed by atoms with E-state index in [0.29, 0.717) is 17.9 Å². The Labute approximate surface area is 166 Å². The van der Waals surface area contributed by atoms with Gasteiger partial charge in [-0.15, -0.1) is 0 Å². The average Bonchev–Trinajstić information content (AvgIpc) is 2.58. The van der Waals surface area contributed by atoms with Gasteiger partial charge in [-0.2, -0.15) is 0 Å². The highest BCUT2D eigenvalue weighted by Crippen LogP contribution is 2.33. The van der Waals surface area contributed by atoms with Crippen molar-refractivity contribution in [2.75, 3.05) is 6.61 Å². The van der Waals surface area contributed by atoms with Crippen molar-refractivity contribution in [2.24, 2.45) is 0 Å². The Hall–Kier alpha value is -1.33. The molecule has 0 aliphatic heterocycles. The molecule has 0 saturated heterocycles. The SMILES string of the molecule is CCCCCCOc1ccc(C(=O)Oc2c(C)cc(Br)cc2Br)cc1. The number of carbonyl (C=O) groups excluding carboxylic acids is 1. The molecule has 0 saturated carbocycles. The van der Waals surface area contributed by atoms with Crippen LogP contribution in [0.2, 0.25) is 0 Å². The Morgan fingerprint density at radius 3 is 2.40 bits per heavy atom. The maximum absolute atomic E-state index is 12.4. The Bertz CT molecular complexity index is 688. The first-order valence-electron chi connectivity index (χ1n) is 8.42. The largest absolute Gasteiger partial charge is 0.494 e. The molecular weight excluding hydrogens is 448 g/mol. The van der Waals surface area contributed by atoms with Gasteiger partial charge in [-0.25, -0.2) is 4.79 Å². The molecule has 5 heteroatoms. The molecule has 3 nitrogen and oxygen atoms in total. The van der Waals surface area contributed by atoms with Crippen LogP contribution < -0.4 is 9.47 Å². The molecule has 0 aromatic heterocycles. The first-order valence-corrected chi connectivity index (χ1v) is 10.0. The smallest absolute Gasteiger partial charge is 0.343 e. The summed E-state index contributed by atoms with van der Waals surface area (Å²) in [4.78, 5) is 12.4. The summed E-state index contributed by atoms with van der Waals surface area (Å²) in [7, 11) is 0. The van der Waals surface area contributed by atoms with E-state index in [1.807, 2.05) is 19.1 Å². The van der Waals surface area contributed by atoms with Gasteiger partial charge in [0, 0.05) is 4.47 Å². The number of rotatable bonds is 8. The number of benzene rings is 2. The topological polar surface area (TPSA) is 35.5 Å². The molecule has 25 heavy (non-hydrogen) atoms.